The smallest absolute Gasteiger partial charge is 0.221 e. The molecule has 0 aromatic carbocycles. The predicted molar refractivity (Wildman–Crippen MR) is 64.4 cm³/mol. The first-order chi connectivity index (χ1) is 7.37. The standard InChI is InChI=1S/C12H24N2O2/c1-11(2,3)14-12(9-10(15)13-4)5-7-16-8-6-12/h14H,5-9H2,1-4H3,(H,13,15). The highest BCUT2D eigenvalue weighted by Crippen LogP contribution is 2.27. The van der Waals surface area contributed by atoms with Crippen molar-refractivity contribution in [3.05, 3.63) is 0 Å². The first-order valence-corrected chi connectivity index (χ1v) is 5.95. The zero-order chi connectivity index (χ0) is 12.2. The van der Waals surface area contributed by atoms with Gasteiger partial charge in [0.25, 0.3) is 0 Å². The molecule has 0 aromatic heterocycles. The van der Waals surface area contributed by atoms with E-state index in [4.69, 9.17) is 4.74 Å². The van der Waals surface area contributed by atoms with Crippen molar-refractivity contribution in [3.8, 4) is 0 Å². The van der Waals surface area contributed by atoms with Crippen LogP contribution in [0.15, 0.2) is 0 Å². The fourth-order valence-corrected chi connectivity index (χ4v) is 2.30. The molecule has 1 fully saturated rings. The van der Waals surface area contributed by atoms with Crippen molar-refractivity contribution in [2.75, 3.05) is 20.3 Å². The Morgan fingerprint density at radius 1 is 1.31 bits per heavy atom. The lowest BCUT2D eigenvalue weighted by atomic mass is 9.84. The van der Waals surface area contributed by atoms with Crippen LogP contribution in [0.25, 0.3) is 0 Å². The fourth-order valence-electron chi connectivity index (χ4n) is 2.30. The van der Waals surface area contributed by atoms with Crippen LogP contribution in [0.2, 0.25) is 0 Å². The molecule has 16 heavy (non-hydrogen) atoms. The van der Waals surface area contributed by atoms with Crippen LogP contribution in [0.5, 0.6) is 0 Å². The molecule has 1 amide bonds. The van der Waals surface area contributed by atoms with Crippen LogP contribution in [0, 0.1) is 0 Å². The van der Waals surface area contributed by atoms with Crippen molar-refractivity contribution in [1.82, 2.24) is 10.6 Å². The van der Waals surface area contributed by atoms with E-state index in [0.717, 1.165) is 26.1 Å². The zero-order valence-corrected chi connectivity index (χ0v) is 10.9. The summed E-state index contributed by atoms with van der Waals surface area (Å²) in [7, 11) is 1.69. The van der Waals surface area contributed by atoms with Gasteiger partial charge >= 0.3 is 0 Å². The predicted octanol–water partition coefficient (Wildman–Crippen LogP) is 1.06. The monoisotopic (exact) mass is 228 g/mol. The second kappa shape index (κ2) is 5.15. The molecule has 4 nitrogen and oxygen atoms in total. The minimum absolute atomic E-state index is 0.0192. The van der Waals surface area contributed by atoms with Crippen LogP contribution >= 0.6 is 0 Å². The Morgan fingerprint density at radius 3 is 2.31 bits per heavy atom. The van der Waals surface area contributed by atoms with Gasteiger partial charge in [-0.15, -0.1) is 0 Å². The number of nitrogens with one attached hydrogen (secondary N) is 2. The second-order valence-corrected chi connectivity index (χ2v) is 5.62. The maximum absolute atomic E-state index is 11.6. The molecule has 1 rings (SSSR count). The Kier molecular flexibility index (Phi) is 4.33. The molecule has 1 saturated heterocycles. The van der Waals surface area contributed by atoms with Gasteiger partial charge < -0.3 is 15.4 Å². The summed E-state index contributed by atoms with van der Waals surface area (Å²) in [6, 6.07) is 0. The second-order valence-electron chi connectivity index (χ2n) is 5.62. The molecule has 0 spiro atoms. The van der Waals surface area contributed by atoms with E-state index in [1.807, 2.05) is 0 Å². The van der Waals surface area contributed by atoms with Crippen molar-refractivity contribution in [2.45, 2.75) is 51.1 Å². The van der Waals surface area contributed by atoms with Gasteiger partial charge in [0.2, 0.25) is 5.91 Å². The Bertz CT molecular complexity index is 240. The summed E-state index contributed by atoms with van der Waals surface area (Å²) >= 11 is 0. The zero-order valence-electron chi connectivity index (χ0n) is 10.9. The van der Waals surface area contributed by atoms with Crippen molar-refractivity contribution in [3.63, 3.8) is 0 Å². The highest BCUT2D eigenvalue weighted by Gasteiger charge is 2.37. The summed E-state index contributed by atoms with van der Waals surface area (Å²) in [6.07, 6.45) is 2.33. The molecule has 0 radical (unpaired) electrons. The molecule has 94 valence electrons. The summed E-state index contributed by atoms with van der Waals surface area (Å²) in [5, 5.41) is 6.30. The van der Waals surface area contributed by atoms with Crippen LogP contribution in [0.4, 0.5) is 0 Å². The van der Waals surface area contributed by atoms with Gasteiger partial charge in [-0.1, -0.05) is 0 Å². The van der Waals surface area contributed by atoms with Gasteiger partial charge in [-0.25, -0.2) is 0 Å². The molecule has 1 heterocycles. The van der Waals surface area contributed by atoms with E-state index in [1.54, 1.807) is 7.05 Å². The number of amides is 1. The molecule has 2 N–H and O–H groups in total. The highest BCUT2D eigenvalue weighted by atomic mass is 16.5. The first-order valence-electron chi connectivity index (χ1n) is 5.95. The Labute approximate surface area is 98.1 Å². The number of hydrogen-bond donors (Lipinski definition) is 2. The van der Waals surface area contributed by atoms with Gasteiger partial charge in [-0.3, -0.25) is 4.79 Å². The first kappa shape index (κ1) is 13.5. The fraction of sp³-hybridized carbons (Fsp3) is 0.917. The van der Waals surface area contributed by atoms with E-state index in [9.17, 15) is 4.79 Å². The highest BCUT2D eigenvalue weighted by molar-refractivity contribution is 5.76. The van der Waals surface area contributed by atoms with Gasteiger partial charge in [-0.2, -0.15) is 0 Å². The molecule has 0 aliphatic carbocycles. The molecule has 0 saturated carbocycles. The Morgan fingerprint density at radius 2 is 1.88 bits per heavy atom. The molecule has 4 heteroatoms. The molecule has 0 bridgehead atoms. The van der Waals surface area contributed by atoms with E-state index in [-0.39, 0.29) is 17.0 Å². The largest absolute Gasteiger partial charge is 0.381 e. The summed E-state index contributed by atoms with van der Waals surface area (Å²) in [4.78, 5) is 11.6. The van der Waals surface area contributed by atoms with Gasteiger partial charge in [-0.05, 0) is 33.6 Å². The Balaban J connectivity index is 2.71. The van der Waals surface area contributed by atoms with Crippen LogP contribution < -0.4 is 10.6 Å². The van der Waals surface area contributed by atoms with Gasteiger partial charge in [0.05, 0.1) is 0 Å². The lowest BCUT2D eigenvalue weighted by Gasteiger charge is -2.42. The van der Waals surface area contributed by atoms with Crippen molar-refractivity contribution >= 4 is 5.91 Å². The van der Waals surface area contributed by atoms with Crippen LogP contribution in [0.1, 0.15) is 40.0 Å². The summed E-state index contributed by atoms with van der Waals surface area (Å²) < 4.78 is 5.38. The quantitative estimate of drug-likeness (QED) is 0.759. The average Bonchev–Trinajstić information content (AvgIpc) is 2.15. The van der Waals surface area contributed by atoms with Crippen LogP contribution in [-0.4, -0.2) is 37.2 Å². The summed E-state index contributed by atoms with van der Waals surface area (Å²) in [5.74, 6) is 0.0960. The van der Waals surface area contributed by atoms with Crippen LogP contribution in [0.3, 0.4) is 0 Å². The third-order valence-corrected chi connectivity index (χ3v) is 2.87. The van der Waals surface area contributed by atoms with Gasteiger partial charge in [0, 0.05) is 37.8 Å². The van der Waals surface area contributed by atoms with E-state index < -0.39 is 0 Å². The minimum atomic E-state index is -0.101. The van der Waals surface area contributed by atoms with Crippen molar-refractivity contribution in [2.24, 2.45) is 0 Å². The molecule has 0 aromatic rings. The lowest BCUT2D eigenvalue weighted by molar-refractivity contribution is -0.123. The maximum Gasteiger partial charge on any atom is 0.221 e. The molecular formula is C12H24N2O2. The number of rotatable bonds is 3. The maximum atomic E-state index is 11.6. The average molecular weight is 228 g/mol. The SMILES string of the molecule is CNC(=O)CC1(NC(C)(C)C)CCOCC1. The van der Waals surface area contributed by atoms with E-state index in [1.165, 1.54) is 0 Å². The van der Waals surface area contributed by atoms with Crippen LogP contribution in [-0.2, 0) is 9.53 Å². The normalized spacial score (nSPS) is 20.5. The molecule has 0 unspecified atom stereocenters. The number of carbonyl (C=O) groups excluding carboxylic acids is 1. The third-order valence-electron chi connectivity index (χ3n) is 2.87. The van der Waals surface area contributed by atoms with Crippen molar-refractivity contribution in [1.29, 1.82) is 0 Å². The topological polar surface area (TPSA) is 50.4 Å². The van der Waals surface area contributed by atoms with Gasteiger partial charge in [0.1, 0.15) is 0 Å². The molecule has 0 atom stereocenters. The van der Waals surface area contributed by atoms with Crippen molar-refractivity contribution < 1.29 is 9.53 Å². The van der Waals surface area contributed by atoms with E-state index >= 15 is 0 Å². The third kappa shape index (κ3) is 4.10. The molecule has 1 aliphatic heterocycles. The van der Waals surface area contributed by atoms with Gasteiger partial charge in [0.15, 0.2) is 0 Å². The lowest BCUT2D eigenvalue weighted by Crippen LogP contribution is -2.58. The van der Waals surface area contributed by atoms with E-state index in [0.29, 0.717) is 6.42 Å². The molecular weight excluding hydrogens is 204 g/mol. The minimum Gasteiger partial charge on any atom is -0.381 e. The Hall–Kier alpha value is -0.610. The van der Waals surface area contributed by atoms with E-state index in [2.05, 4.69) is 31.4 Å². The summed E-state index contributed by atoms with van der Waals surface area (Å²) in [6.45, 7) is 7.87. The molecule has 1 aliphatic rings. The summed E-state index contributed by atoms with van der Waals surface area (Å²) in [5.41, 5.74) is -0.0814. The number of carbonyl (C=O) groups is 1. The number of hydrogen-bond acceptors (Lipinski definition) is 3. The number of ether oxygens (including phenoxy) is 1.